The second-order valence-electron chi connectivity index (χ2n) is 4.97. The third-order valence-corrected chi connectivity index (χ3v) is 3.91. The number of methoxy groups -OCH3 is 1. The molecule has 0 aliphatic rings. The molecule has 0 saturated heterocycles. The van der Waals surface area contributed by atoms with Gasteiger partial charge in [0.15, 0.2) is 11.5 Å². The number of hydrogen-bond acceptors (Lipinski definition) is 4. The van der Waals surface area contributed by atoms with E-state index < -0.39 is 11.6 Å². The number of rotatable bonds is 6. The summed E-state index contributed by atoms with van der Waals surface area (Å²) in [6, 6.07) is 10.3. The van der Waals surface area contributed by atoms with Crippen molar-refractivity contribution < 1.29 is 18.7 Å². The molecule has 2 aromatic carbocycles. The lowest BCUT2D eigenvalue weighted by atomic mass is 10.0. The van der Waals surface area contributed by atoms with Gasteiger partial charge in [-0.3, -0.25) is 4.79 Å². The quantitative estimate of drug-likeness (QED) is 0.395. The summed E-state index contributed by atoms with van der Waals surface area (Å²) in [7, 11) is 1.51. The minimum atomic E-state index is -0.480. The molecule has 6 heteroatoms. The molecule has 0 unspecified atom stereocenters. The summed E-state index contributed by atoms with van der Waals surface area (Å²) < 4.78 is 24.4. The Kier molecular flexibility index (Phi) is 6.31. The van der Waals surface area contributed by atoms with Gasteiger partial charge in [-0.1, -0.05) is 0 Å². The van der Waals surface area contributed by atoms with Crippen molar-refractivity contribution in [2.24, 2.45) is 0 Å². The average molecular weight is 404 g/mol. The molecule has 0 atom stereocenters. The van der Waals surface area contributed by atoms with Crippen LogP contribution in [-0.2, 0) is 0 Å². The number of halogens is 2. The van der Waals surface area contributed by atoms with E-state index in [-0.39, 0.29) is 11.1 Å². The van der Waals surface area contributed by atoms with Gasteiger partial charge in [-0.25, -0.2) is 4.39 Å². The van der Waals surface area contributed by atoms with Crippen LogP contribution in [0.1, 0.15) is 22.8 Å². The van der Waals surface area contributed by atoms with Crippen LogP contribution >= 0.6 is 15.9 Å². The van der Waals surface area contributed by atoms with Crippen LogP contribution in [0.2, 0.25) is 0 Å². The first-order chi connectivity index (χ1) is 12.0. The molecule has 0 aliphatic heterocycles. The Hall–Kier alpha value is -2.65. The predicted molar refractivity (Wildman–Crippen MR) is 96.2 cm³/mol. The molecule has 0 aliphatic carbocycles. The molecule has 0 N–H and O–H groups in total. The zero-order valence-corrected chi connectivity index (χ0v) is 15.3. The SMILES string of the molecule is CCOc1c(Br)cc(/C=C(\C#N)C(=O)c2ccc(F)cc2)cc1OC. The van der Waals surface area contributed by atoms with Gasteiger partial charge in [0.2, 0.25) is 5.78 Å². The number of ether oxygens (including phenoxy) is 2. The van der Waals surface area contributed by atoms with Crippen molar-refractivity contribution in [1.82, 2.24) is 0 Å². The maximum absolute atomic E-state index is 13.0. The third-order valence-electron chi connectivity index (χ3n) is 3.32. The van der Waals surface area contributed by atoms with E-state index in [0.29, 0.717) is 28.1 Å². The first kappa shape index (κ1) is 18.7. The van der Waals surface area contributed by atoms with E-state index in [9.17, 15) is 14.4 Å². The molecule has 4 nitrogen and oxygen atoms in total. The maximum atomic E-state index is 13.0. The fraction of sp³-hybridized carbons (Fsp3) is 0.158. The first-order valence-electron chi connectivity index (χ1n) is 7.42. The third kappa shape index (κ3) is 4.46. The average Bonchev–Trinajstić information content (AvgIpc) is 2.61. The van der Waals surface area contributed by atoms with Gasteiger partial charge in [-0.2, -0.15) is 5.26 Å². The molecule has 0 saturated carbocycles. The number of carbonyl (C=O) groups is 1. The summed E-state index contributed by atoms with van der Waals surface area (Å²) >= 11 is 3.40. The molecule has 2 rings (SSSR count). The first-order valence-corrected chi connectivity index (χ1v) is 8.21. The van der Waals surface area contributed by atoms with E-state index in [2.05, 4.69) is 15.9 Å². The topological polar surface area (TPSA) is 59.3 Å². The van der Waals surface area contributed by atoms with Crippen LogP contribution in [0.15, 0.2) is 46.4 Å². The summed E-state index contributed by atoms with van der Waals surface area (Å²) in [5, 5.41) is 9.33. The van der Waals surface area contributed by atoms with Crippen molar-refractivity contribution in [2.45, 2.75) is 6.92 Å². The molecule has 0 fully saturated rings. The smallest absolute Gasteiger partial charge is 0.203 e. The Morgan fingerprint density at radius 2 is 2.00 bits per heavy atom. The van der Waals surface area contributed by atoms with Gasteiger partial charge in [0, 0.05) is 5.56 Å². The second-order valence-corrected chi connectivity index (χ2v) is 5.83. The van der Waals surface area contributed by atoms with Gasteiger partial charge >= 0.3 is 0 Å². The highest BCUT2D eigenvalue weighted by Gasteiger charge is 2.15. The molecule has 2 aromatic rings. The fourth-order valence-electron chi connectivity index (χ4n) is 2.18. The van der Waals surface area contributed by atoms with Crippen molar-refractivity contribution in [2.75, 3.05) is 13.7 Å². The van der Waals surface area contributed by atoms with E-state index in [4.69, 9.17) is 9.47 Å². The van der Waals surface area contributed by atoms with E-state index in [1.165, 1.54) is 37.5 Å². The van der Waals surface area contributed by atoms with E-state index in [1.54, 1.807) is 12.1 Å². The number of Topliss-reactive ketones (excluding diaryl/α,β-unsaturated/α-hetero) is 1. The van der Waals surface area contributed by atoms with Crippen LogP contribution < -0.4 is 9.47 Å². The van der Waals surface area contributed by atoms with Crippen LogP contribution in [0.5, 0.6) is 11.5 Å². The fourth-order valence-corrected chi connectivity index (χ4v) is 2.75. The van der Waals surface area contributed by atoms with Crippen LogP contribution in [0.4, 0.5) is 4.39 Å². The predicted octanol–water partition coefficient (Wildman–Crippen LogP) is 4.79. The van der Waals surface area contributed by atoms with Gasteiger partial charge in [0.05, 0.1) is 18.2 Å². The zero-order valence-electron chi connectivity index (χ0n) is 13.7. The number of ketones is 1. The summed E-state index contributed by atoms with van der Waals surface area (Å²) in [4.78, 5) is 12.4. The highest BCUT2D eigenvalue weighted by molar-refractivity contribution is 9.10. The Labute approximate surface area is 153 Å². The molecule has 128 valence electrons. The minimum absolute atomic E-state index is 0.0651. The largest absolute Gasteiger partial charge is 0.493 e. The molecule has 0 bridgehead atoms. The molecule has 0 heterocycles. The number of nitrogens with zero attached hydrogens (tertiary/aromatic N) is 1. The van der Waals surface area contributed by atoms with Crippen LogP contribution in [0, 0.1) is 17.1 Å². The van der Waals surface area contributed by atoms with Crippen molar-refractivity contribution in [1.29, 1.82) is 5.26 Å². The van der Waals surface area contributed by atoms with Crippen LogP contribution in [0.25, 0.3) is 6.08 Å². The molecule has 0 spiro atoms. The Morgan fingerprint density at radius 3 is 2.56 bits per heavy atom. The lowest BCUT2D eigenvalue weighted by molar-refractivity contribution is 0.104. The number of nitriles is 1. The second kappa shape index (κ2) is 8.45. The van der Waals surface area contributed by atoms with Gasteiger partial charge in [0.1, 0.15) is 17.5 Å². The van der Waals surface area contributed by atoms with Gasteiger partial charge < -0.3 is 9.47 Å². The normalized spacial score (nSPS) is 10.9. The summed E-state index contributed by atoms with van der Waals surface area (Å²) in [5.74, 6) is 0.102. The van der Waals surface area contributed by atoms with Crippen molar-refractivity contribution in [3.05, 3.63) is 63.4 Å². The van der Waals surface area contributed by atoms with Crippen molar-refractivity contribution >= 4 is 27.8 Å². The number of carbonyl (C=O) groups excluding carboxylic acids is 1. The molecular weight excluding hydrogens is 389 g/mol. The van der Waals surface area contributed by atoms with Crippen molar-refractivity contribution in [3.63, 3.8) is 0 Å². The molecular formula is C19H15BrFNO3. The lowest BCUT2D eigenvalue weighted by Gasteiger charge is -2.12. The standard InChI is InChI=1S/C19H15BrFNO3/c1-3-25-19-16(20)9-12(10-17(19)24-2)8-14(11-22)18(23)13-4-6-15(21)7-5-13/h4-10H,3H2,1-2H3/b14-8+. The van der Waals surface area contributed by atoms with E-state index >= 15 is 0 Å². The lowest BCUT2D eigenvalue weighted by Crippen LogP contribution is -2.02. The van der Waals surface area contributed by atoms with Gasteiger partial charge in [-0.15, -0.1) is 0 Å². The van der Waals surface area contributed by atoms with Crippen molar-refractivity contribution in [3.8, 4) is 17.6 Å². The summed E-state index contributed by atoms with van der Waals surface area (Å²) in [6.45, 7) is 2.32. The Morgan fingerprint density at radius 1 is 1.32 bits per heavy atom. The van der Waals surface area contributed by atoms with Gasteiger partial charge in [0.25, 0.3) is 0 Å². The number of benzene rings is 2. The number of allylic oxidation sites excluding steroid dienone is 1. The summed E-state index contributed by atoms with van der Waals surface area (Å²) in [6.07, 6.45) is 1.45. The van der Waals surface area contributed by atoms with Crippen LogP contribution in [-0.4, -0.2) is 19.5 Å². The van der Waals surface area contributed by atoms with E-state index in [0.717, 1.165) is 0 Å². The van der Waals surface area contributed by atoms with Gasteiger partial charge in [-0.05, 0) is 70.9 Å². The maximum Gasteiger partial charge on any atom is 0.203 e. The highest BCUT2D eigenvalue weighted by atomic mass is 79.9. The molecule has 0 amide bonds. The highest BCUT2D eigenvalue weighted by Crippen LogP contribution is 2.37. The van der Waals surface area contributed by atoms with Crippen LogP contribution in [0.3, 0.4) is 0 Å². The minimum Gasteiger partial charge on any atom is -0.493 e. The Bertz CT molecular complexity index is 854. The monoisotopic (exact) mass is 403 g/mol. The Balaban J connectivity index is 2.42. The summed E-state index contributed by atoms with van der Waals surface area (Å²) in [5.41, 5.74) is 0.773. The molecule has 0 radical (unpaired) electrons. The van der Waals surface area contributed by atoms with E-state index in [1.807, 2.05) is 13.0 Å². The molecule has 0 aromatic heterocycles. The molecule has 25 heavy (non-hydrogen) atoms. The zero-order chi connectivity index (χ0) is 18.4. The number of hydrogen-bond donors (Lipinski definition) is 0.